The van der Waals surface area contributed by atoms with Crippen LogP contribution in [0.3, 0.4) is 0 Å². The van der Waals surface area contributed by atoms with Crippen LogP contribution < -0.4 is 5.32 Å². The Morgan fingerprint density at radius 3 is 2.58 bits per heavy atom. The van der Waals surface area contributed by atoms with Crippen molar-refractivity contribution >= 4 is 0 Å². The van der Waals surface area contributed by atoms with E-state index in [1.165, 1.54) is 5.56 Å². The van der Waals surface area contributed by atoms with Crippen molar-refractivity contribution in [2.45, 2.75) is 26.3 Å². The lowest BCUT2D eigenvalue weighted by Gasteiger charge is -2.24. The topological polar surface area (TPSA) is 42.7 Å². The van der Waals surface area contributed by atoms with Crippen molar-refractivity contribution < 1.29 is 0 Å². The molecule has 1 N–H and O–H groups in total. The maximum Gasteiger partial charge on any atom is 0.0830 e. The highest BCUT2D eigenvalue weighted by molar-refractivity contribution is 5.20. The largest absolute Gasteiger partial charge is 0.310 e. The van der Waals surface area contributed by atoms with E-state index in [4.69, 9.17) is 0 Å². The summed E-state index contributed by atoms with van der Waals surface area (Å²) in [7, 11) is 1.90. The normalized spacial score (nSPS) is 14.3. The Morgan fingerprint density at radius 2 is 2.00 bits per heavy atom. The smallest absolute Gasteiger partial charge is 0.0830 e. The molecule has 0 aliphatic carbocycles. The van der Waals surface area contributed by atoms with Crippen LogP contribution >= 0.6 is 0 Å². The summed E-state index contributed by atoms with van der Waals surface area (Å²) in [6.07, 6.45) is 2.92. The van der Waals surface area contributed by atoms with Crippen molar-refractivity contribution in [2.75, 3.05) is 6.54 Å². The van der Waals surface area contributed by atoms with Gasteiger partial charge in [0.25, 0.3) is 0 Å². The van der Waals surface area contributed by atoms with E-state index in [2.05, 4.69) is 59.8 Å². The van der Waals surface area contributed by atoms with Gasteiger partial charge in [-0.25, -0.2) is 0 Å². The molecule has 4 nitrogen and oxygen atoms in total. The van der Waals surface area contributed by atoms with E-state index in [1.807, 2.05) is 13.2 Å². The highest BCUT2D eigenvalue weighted by Gasteiger charge is 2.19. The average molecular weight is 258 g/mol. The average Bonchev–Trinajstić information content (AvgIpc) is 2.82. The molecule has 0 saturated heterocycles. The van der Waals surface area contributed by atoms with E-state index in [1.54, 1.807) is 4.68 Å². The van der Waals surface area contributed by atoms with Crippen LogP contribution in [-0.2, 0) is 13.5 Å². The number of benzene rings is 1. The van der Waals surface area contributed by atoms with Crippen molar-refractivity contribution in [2.24, 2.45) is 13.0 Å². The van der Waals surface area contributed by atoms with Crippen LogP contribution in [-0.4, -0.2) is 21.5 Å². The maximum absolute atomic E-state index is 4.18. The Balaban J connectivity index is 2.10. The fourth-order valence-corrected chi connectivity index (χ4v) is 2.46. The fraction of sp³-hybridized carbons (Fsp3) is 0.467. The van der Waals surface area contributed by atoms with Gasteiger partial charge in [0.15, 0.2) is 0 Å². The molecule has 1 aromatic heterocycles. The van der Waals surface area contributed by atoms with E-state index < -0.39 is 0 Å². The van der Waals surface area contributed by atoms with Gasteiger partial charge in [-0.05, 0) is 24.4 Å². The summed E-state index contributed by atoms with van der Waals surface area (Å²) in [4.78, 5) is 0. The highest BCUT2D eigenvalue weighted by Crippen LogP contribution is 2.24. The number of nitrogens with one attached hydrogen (secondary N) is 1. The first-order chi connectivity index (χ1) is 9.20. The molecule has 0 bridgehead atoms. The summed E-state index contributed by atoms with van der Waals surface area (Å²) in [6.45, 7) is 5.37. The highest BCUT2D eigenvalue weighted by atomic mass is 15.4. The summed E-state index contributed by atoms with van der Waals surface area (Å²) in [5, 5.41) is 11.7. The third-order valence-electron chi connectivity index (χ3n) is 3.33. The molecule has 2 rings (SSSR count). The predicted octanol–water partition coefficient (Wildman–Crippen LogP) is 2.34. The first-order valence-corrected chi connectivity index (χ1v) is 6.84. The lowest BCUT2D eigenvalue weighted by molar-refractivity contribution is 0.388. The quantitative estimate of drug-likeness (QED) is 0.865. The standard InChI is InChI=1S/C15H22N4/c1-4-16-15(13-8-6-5-7-9-13)12(2)10-14-11-19(3)18-17-14/h5-9,11-12,15-16H,4,10H2,1-3H3. The lowest BCUT2D eigenvalue weighted by atomic mass is 9.91. The van der Waals surface area contributed by atoms with Crippen molar-refractivity contribution in [1.82, 2.24) is 20.3 Å². The minimum Gasteiger partial charge on any atom is -0.310 e. The minimum atomic E-state index is 0.355. The Labute approximate surface area is 114 Å². The van der Waals surface area contributed by atoms with Crippen LogP contribution in [0.15, 0.2) is 36.5 Å². The number of nitrogens with zero attached hydrogens (tertiary/aromatic N) is 3. The molecule has 0 spiro atoms. The van der Waals surface area contributed by atoms with Crippen LogP contribution in [0.25, 0.3) is 0 Å². The molecular weight excluding hydrogens is 236 g/mol. The molecule has 0 fully saturated rings. The van der Waals surface area contributed by atoms with Gasteiger partial charge in [-0.3, -0.25) is 4.68 Å². The molecule has 2 unspecified atom stereocenters. The van der Waals surface area contributed by atoms with E-state index in [0.717, 1.165) is 18.7 Å². The minimum absolute atomic E-state index is 0.355. The molecule has 102 valence electrons. The van der Waals surface area contributed by atoms with E-state index in [-0.39, 0.29) is 0 Å². The molecule has 1 heterocycles. The molecule has 0 saturated carbocycles. The van der Waals surface area contributed by atoms with Crippen LogP contribution in [0.5, 0.6) is 0 Å². The zero-order valence-corrected chi connectivity index (χ0v) is 11.9. The molecule has 19 heavy (non-hydrogen) atoms. The first-order valence-electron chi connectivity index (χ1n) is 6.84. The number of hydrogen-bond acceptors (Lipinski definition) is 3. The van der Waals surface area contributed by atoms with Gasteiger partial charge in [0.1, 0.15) is 0 Å². The summed E-state index contributed by atoms with van der Waals surface area (Å²) in [6, 6.07) is 11.0. The summed E-state index contributed by atoms with van der Waals surface area (Å²) < 4.78 is 1.76. The molecule has 0 aliphatic rings. The van der Waals surface area contributed by atoms with Gasteiger partial charge < -0.3 is 5.32 Å². The second kappa shape index (κ2) is 6.48. The van der Waals surface area contributed by atoms with E-state index in [0.29, 0.717) is 12.0 Å². The second-order valence-electron chi connectivity index (χ2n) is 5.01. The van der Waals surface area contributed by atoms with E-state index >= 15 is 0 Å². The van der Waals surface area contributed by atoms with Gasteiger partial charge >= 0.3 is 0 Å². The van der Waals surface area contributed by atoms with Gasteiger partial charge in [0, 0.05) is 19.3 Å². The molecule has 4 heteroatoms. The van der Waals surface area contributed by atoms with Gasteiger partial charge in [0.05, 0.1) is 5.69 Å². The fourth-order valence-electron chi connectivity index (χ4n) is 2.46. The number of aromatic nitrogens is 3. The van der Waals surface area contributed by atoms with Crippen LogP contribution in [0.1, 0.15) is 31.1 Å². The van der Waals surface area contributed by atoms with Crippen LogP contribution in [0, 0.1) is 5.92 Å². The Morgan fingerprint density at radius 1 is 1.26 bits per heavy atom. The van der Waals surface area contributed by atoms with Crippen molar-refractivity contribution in [1.29, 1.82) is 0 Å². The molecule has 0 amide bonds. The maximum atomic E-state index is 4.18. The lowest BCUT2D eigenvalue weighted by Crippen LogP contribution is -2.28. The first kappa shape index (κ1) is 13.7. The van der Waals surface area contributed by atoms with Crippen LogP contribution in [0.2, 0.25) is 0 Å². The summed E-state index contributed by atoms with van der Waals surface area (Å²) in [5.74, 6) is 0.471. The molecule has 2 aromatic rings. The molecule has 0 radical (unpaired) electrons. The SMILES string of the molecule is CCNC(c1ccccc1)C(C)Cc1cn(C)nn1. The third-order valence-corrected chi connectivity index (χ3v) is 3.33. The number of hydrogen-bond donors (Lipinski definition) is 1. The van der Waals surface area contributed by atoms with Crippen LogP contribution in [0.4, 0.5) is 0 Å². The van der Waals surface area contributed by atoms with Crippen molar-refractivity contribution in [3.05, 3.63) is 47.8 Å². The van der Waals surface area contributed by atoms with Crippen molar-refractivity contribution in [3.63, 3.8) is 0 Å². The molecule has 0 aliphatic heterocycles. The molecular formula is C15H22N4. The molecule has 1 aromatic carbocycles. The van der Waals surface area contributed by atoms with Gasteiger partial charge in [-0.1, -0.05) is 49.4 Å². The van der Waals surface area contributed by atoms with Gasteiger partial charge in [-0.2, -0.15) is 0 Å². The number of aryl methyl sites for hydroxylation is 1. The zero-order valence-electron chi connectivity index (χ0n) is 11.9. The number of rotatable bonds is 6. The third kappa shape index (κ3) is 3.64. The summed E-state index contributed by atoms with van der Waals surface area (Å²) in [5.41, 5.74) is 2.38. The predicted molar refractivity (Wildman–Crippen MR) is 76.7 cm³/mol. The Bertz CT molecular complexity index is 492. The second-order valence-corrected chi connectivity index (χ2v) is 5.01. The summed E-state index contributed by atoms with van der Waals surface area (Å²) >= 11 is 0. The van der Waals surface area contributed by atoms with E-state index in [9.17, 15) is 0 Å². The molecule has 2 atom stereocenters. The van der Waals surface area contributed by atoms with Gasteiger partial charge in [-0.15, -0.1) is 5.10 Å². The monoisotopic (exact) mass is 258 g/mol. The Kier molecular flexibility index (Phi) is 4.68. The Hall–Kier alpha value is -1.68. The van der Waals surface area contributed by atoms with Gasteiger partial charge in [0.2, 0.25) is 0 Å². The zero-order chi connectivity index (χ0) is 13.7. The van der Waals surface area contributed by atoms with Crippen molar-refractivity contribution in [3.8, 4) is 0 Å².